The standard InChI is InChI=1S/C16H26F3N5O2S/c1-5-20-13(22-8-9-23-14(25)26-15(2,3)4)21-7-6-12-24-11(10-27-12)16(17,18)19/h10H,5-9H2,1-4H3,(H,23,25)(H2,20,21,22). The lowest BCUT2D eigenvalue weighted by Gasteiger charge is -2.19. The Morgan fingerprint density at radius 2 is 1.89 bits per heavy atom. The van der Waals surface area contributed by atoms with E-state index in [1.54, 1.807) is 20.8 Å². The first kappa shape index (κ1) is 23.0. The molecule has 0 saturated carbocycles. The molecule has 1 amide bonds. The summed E-state index contributed by atoms with van der Waals surface area (Å²) in [6.45, 7) is 8.90. The molecule has 0 fully saturated rings. The molecule has 0 unspecified atom stereocenters. The summed E-state index contributed by atoms with van der Waals surface area (Å²) in [6.07, 6.45) is -4.61. The summed E-state index contributed by atoms with van der Waals surface area (Å²) < 4.78 is 42.7. The lowest BCUT2D eigenvalue weighted by molar-refractivity contribution is -0.140. The third-order valence-corrected chi connectivity index (χ3v) is 3.78. The number of alkyl halides is 3. The first-order valence-electron chi connectivity index (χ1n) is 8.52. The van der Waals surface area contributed by atoms with Crippen molar-refractivity contribution in [2.24, 2.45) is 4.99 Å². The van der Waals surface area contributed by atoms with Gasteiger partial charge in [0.1, 0.15) is 5.60 Å². The van der Waals surface area contributed by atoms with Crippen LogP contribution in [0.2, 0.25) is 0 Å². The number of hydrogen-bond donors (Lipinski definition) is 3. The van der Waals surface area contributed by atoms with Gasteiger partial charge in [-0.2, -0.15) is 13.2 Å². The molecule has 11 heteroatoms. The van der Waals surface area contributed by atoms with Crippen LogP contribution < -0.4 is 16.0 Å². The van der Waals surface area contributed by atoms with Crippen molar-refractivity contribution in [2.75, 3.05) is 26.2 Å². The van der Waals surface area contributed by atoms with Crippen molar-refractivity contribution in [3.05, 3.63) is 16.1 Å². The van der Waals surface area contributed by atoms with Crippen LogP contribution in [0.15, 0.2) is 10.4 Å². The van der Waals surface area contributed by atoms with Crippen LogP contribution in [0, 0.1) is 0 Å². The maximum absolute atomic E-state index is 12.5. The molecule has 0 bridgehead atoms. The third kappa shape index (κ3) is 10.0. The molecule has 0 saturated heterocycles. The average molecular weight is 409 g/mol. The zero-order valence-corrected chi connectivity index (χ0v) is 16.7. The number of nitrogens with one attached hydrogen (secondary N) is 3. The Hall–Kier alpha value is -2.04. The van der Waals surface area contributed by atoms with Gasteiger partial charge in [-0.3, -0.25) is 4.99 Å². The number of rotatable bonds is 7. The molecule has 1 aromatic heterocycles. The number of aromatic nitrogens is 1. The van der Waals surface area contributed by atoms with E-state index in [0.717, 1.165) is 16.7 Å². The maximum atomic E-state index is 12.5. The van der Waals surface area contributed by atoms with Gasteiger partial charge < -0.3 is 20.7 Å². The molecule has 1 aromatic rings. The van der Waals surface area contributed by atoms with Gasteiger partial charge in [0.15, 0.2) is 11.7 Å². The summed E-state index contributed by atoms with van der Waals surface area (Å²) in [5, 5.41) is 10.1. The molecular weight excluding hydrogens is 383 g/mol. The van der Waals surface area contributed by atoms with Gasteiger partial charge in [0.2, 0.25) is 0 Å². The summed E-state index contributed by atoms with van der Waals surface area (Å²) in [7, 11) is 0. The molecule has 7 nitrogen and oxygen atoms in total. The zero-order chi connectivity index (χ0) is 20.5. The Morgan fingerprint density at radius 3 is 2.44 bits per heavy atom. The van der Waals surface area contributed by atoms with E-state index in [1.165, 1.54) is 0 Å². The van der Waals surface area contributed by atoms with Gasteiger partial charge in [0.25, 0.3) is 0 Å². The van der Waals surface area contributed by atoms with E-state index in [1.807, 2.05) is 6.92 Å². The van der Waals surface area contributed by atoms with E-state index in [-0.39, 0.29) is 0 Å². The molecule has 1 rings (SSSR count). The van der Waals surface area contributed by atoms with Crippen LogP contribution in [-0.2, 0) is 17.3 Å². The van der Waals surface area contributed by atoms with E-state index in [2.05, 4.69) is 25.9 Å². The fourth-order valence-electron chi connectivity index (χ4n) is 1.82. The second kappa shape index (κ2) is 10.3. The van der Waals surface area contributed by atoms with Crippen LogP contribution in [0.4, 0.5) is 18.0 Å². The summed E-state index contributed by atoms with van der Waals surface area (Å²) >= 11 is 0.968. The summed E-state index contributed by atoms with van der Waals surface area (Å²) in [5.41, 5.74) is -1.43. The largest absolute Gasteiger partial charge is 0.444 e. The fourth-order valence-corrected chi connectivity index (χ4v) is 2.61. The molecule has 154 valence electrons. The molecule has 27 heavy (non-hydrogen) atoms. The predicted octanol–water partition coefficient (Wildman–Crippen LogP) is 2.78. The summed E-state index contributed by atoms with van der Waals surface area (Å²) in [4.78, 5) is 19.4. The Bertz CT molecular complexity index is 626. The van der Waals surface area contributed by atoms with Gasteiger partial charge in [-0.15, -0.1) is 11.3 Å². The highest BCUT2D eigenvalue weighted by Crippen LogP contribution is 2.30. The number of ether oxygens (including phenoxy) is 1. The van der Waals surface area contributed by atoms with Crippen molar-refractivity contribution in [1.82, 2.24) is 20.9 Å². The quantitative estimate of drug-likeness (QED) is 0.366. The SMILES string of the molecule is CCNC(=NCCc1nc(C(F)(F)F)cs1)NCCNC(=O)OC(C)(C)C. The summed E-state index contributed by atoms with van der Waals surface area (Å²) in [5.74, 6) is 0.510. The first-order valence-corrected chi connectivity index (χ1v) is 9.40. The highest BCUT2D eigenvalue weighted by Gasteiger charge is 2.33. The fraction of sp³-hybridized carbons (Fsp3) is 0.688. The maximum Gasteiger partial charge on any atom is 0.434 e. The topological polar surface area (TPSA) is 87.6 Å². The number of carbonyl (C=O) groups is 1. The monoisotopic (exact) mass is 409 g/mol. The number of nitrogens with zero attached hydrogens (tertiary/aromatic N) is 2. The third-order valence-electron chi connectivity index (χ3n) is 2.87. The number of amides is 1. The highest BCUT2D eigenvalue weighted by molar-refractivity contribution is 7.09. The number of carbonyl (C=O) groups excluding carboxylic acids is 1. The van der Waals surface area contributed by atoms with Crippen LogP contribution in [0.3, 0.4) is 0 Å². The van der Waals surface area contributed by atoms with Crippen LogP contribution in [0.5, 0.6) is 0 Å². The van der Waals surface area contributed by atoms with Crippen molar-refractivity contribution >= 4 is 23.4 Å². The zero-order valence-electron chi connectivity index (χ0n) is 15.9. The van der Waals surface area contributed by atoms with Gasteiger partial charge in [0, 0.05) is 38.0 Å². The molecule has 0 atom stereocenters. The van der Waals surface area contributed by atoms with Crippen molar-refractivity contribution in [3.63, 3.8) is 0 Å². The molecule has 0 aromatic carbocycles. The molecular formula is C16H26F3N5O2S. The number of aliphatic imine (C=N–C) groups is 1. The molecule has 0 aliphatic rings. The van der Waals surface area contributed by atoms with Crippen LogP contribution in [0.25, 0.3) is 0 Å². The minimum Gasteiger partial charge on any atom is -0.444 e. The second-order valence-corrected chi connectivity index (χ2v) is 7.43. The van der Waals surface area contributed by atoms with E-state index < -0.39 is 23.6 Å². The van der Waals surface area contributed by atoms with E-state index in [0.29, 0.717) is 43.6 Å². The van der Waals surface area contributed by atoms with Gasteiger partial charge in [-0.25, -0.2) is 9.78 Å². The highest BCUT2D eigenvalue weighted by atomic mass is 32.1. The molecule has 0 aliphatic carbocycles. The predicted molar refractivity (Wildman–Crippen MR) is 99.0 cm³/mol. The molecule has 1 heterocycles. The number of halogens is 3. The first-order chi connectivity index (χ1) is 12.5. The Balaban J connectivity index is 2.39. The normalized spacial score (nSPS) is 12.6. The van der Waals surface area contributed by atoms with Crippen molar-refractivity contribution in [3.8, 4) is 0 Å². The van der Waals surface area contributed by atoms with E-state index in [4.69, 9.17) is 4.74 Å². The van der Waals surface area contributed by atoms with Gasteiger partial charge in [-0.05, 0) is 27.7 Å². The minimum absolute atomic E-state index is 0.291. The number of guanidine groups is 1. The Morgan fingerprint density at radius 1 is 1.22 bits per heavy atom. The summed E-state index contributed by atoms with van der Waals surface area (Å²) in [6, 6.07) is 0. The Kier molecular flexibility index (Phi) is 8.80. The lowest BCUT2D eigenvalue weighted by Crippen LogP contribution is -2.42. The van der Waals surface area contributed by atoms with Crippen molar-refractivity contribution in [1.29, 1.82) is 0 Å². The minimum atomic E-state index is -4.42. The van der Waals surface area contributed by atoms with Crippen molar-refractivity contribution in [2.45, 2.75) is 45.9 Å². The number of hydrogen-bond acceptors (Lipinski definition) is 5. The smallest absolute Gasteiger partial charge is 0.434 e. The second-order valence-electron chi connectivity index (χ2n) is 6.49. The average Bonchev–Trinajstić information content (AvgIpc) is 2.99. The van der Waals surface area contributed by atoms with Crippen molar-refractivity contribution < 1.29 is 22.7 Å². The van der Waals surface area contributed by atoms with Gasteiger partial charge in [0.05, 0.1) is 5.01 Å². The molecule has 3 N–H and O–H groups in total. The van der Waals surface area contributed by atoms with Gasteiger partial charge >= 0.3 is 12.3 Å². The number of thiazole rings is 1. The van der Waals surface area contributed by atoms with Gasteiger partial charge in [-0.1, -0.05) is 0 Å². The van der Waals surface area contributed by atoms with Crippen LogP contribution in [-0.4, -0.2) is 48.8 Å². The van der Waals surface area contributed by atoms with E-state index >= 15 is 0 Å². The lowest BCUT2D eigenvalue weighted by atomic mass is 10.2. The van der Waals surface area contributed by atoms with Crippen LogP contribution >= 0.6 is 11.3 Å². The molecule has 0 aliphatic heterocycles. The number of alkyl carbamates (subject to hydrolysis) is 1. The Labute approximate surface area is 160 Å². The van der Waals surface area contributed by atoms with E-state index in [9.17, 15) is 18.0 Å². The molecule has 0 radical (unpaired) electrons. The van der Waals surface area contributed by atoms with Crippen LogP contribution in [0.1, 0.15) is 38.4 Å². The molecule has 0 spiro atoms.